The first-order chi connectivity index (χ1) is 15.1. The lowest BCUT2D eigenvalue weighted by Gasteiger charge is -2.41. The van der Waals surface area contributed by atoms with E-state index in [2.05, 4.69) is 41.2 Å². The topological polar surface area (TPSA) is 44.8 Å². The van der Waals surface area contributed by atoms with Gasteiger partial charge in [-0.1, -0.05) is 36.4 Å². The van der Waals surface area contributed by atoms with E-state index < -0.39 is 6.09 Å². The molecule has 5 heteroatoms. The van der Waals surface area contributed by atoms with Crippen LogP contribution in [0.5, 0.6) is 0 Å². The van der Waals surface area contributed by atoms with Crippen molar-refractivity contribution in [3.05, 3.63) is 65.2 Å². The maximum absolute atomic E-state index is 12.3. The number of hydrogen-bond acceptors (Lipinski definition) is 4. The number of amides is 1. The Labute approximate surface area is 186 Å². The number of ether oxygens (including phenoxy) is 1. The Morgan fingerprint density at radius 3 is 2.42 bits per heavy atom. The summed E-state index contributed by atoms with van der Waals surface area (Å²) in [5.41, 5.74) is 4.47. The molecule has 2 heterocycles. The van der Waals surface area contributed by atoms with Gasteiger partial charge >= 0.3 is 6.09 Å². The predicted molar refractivity (Wildman–Crippen MR) is 125 cm³/mol. The van der Waals surface area contributed by atoms with Crippen molar-refractivity contribution in [1.29, 1.82) is 0 Å². The molecule has 2 aromatic carbocycles. The molecular formula is C26H35N3O2. The fraction of sp³-hybridized carbons (Fsp3) is 0.500. The summed E-state index contributed by atoms with van der Waals surface area (Å²) in [6.07, 6.45) is 4.57. The molecule has 4 rings (SSSR count). The molecule has 2 saturated heterocycles. The minimum atomic E-state index is -0.407. The Morgan fingerprint density at radius 2 is 1.71 bits per heavy atom. The molecule has 0 unspecified atom stereocenters. The van der Waals surface area contributed by atoms with E-state index in [0.717, 1.165) is 17.3 Å². The molecule has 5 nitrogen and oxygen atoms in total. The highest BCUT2D eigenvalue weighted by atomic mass is 16.5. The molecule has 166 valence electrons. The number of benzene rings is 2. The lowest BCUT2D eigenvalue weighted by Crippen LogP contribution is -2.46. The van der Waals surface area contributed by atoms with Gasteiger partial charge in [0.1, 0.15) is 6.61 Å². The summed E-state index contributed by atoms with van der Waals surface area (Å²) in [4.78, 5) is 17.4. The Balaban J connectivity index is 1.31. The summed E-state index contributed by atoms with van der Waals surface area (Å²) in [5.74, 6) is 0.560. The number of likely N-dealkylation sites (tertiary alicyclic amines) is 2. The molecule has 0 aromatic heterocycles. The van der Waals surface area contributed by atoms with Crippen molar-refractivity contribution in [3.63, 3.8) is 0 Å². The third kappa shape index (κ3) is 5.86. The second-order valence-corrected chi connectivity index (χ2v) is 9.10. The van der Waals surface area contributed by atoms with Crippen LogP contribution in [0.4, 0.5) is 10.5 Å². The summed E-state index contributed by atoms with van der Waals surface area (Å²) in [5, 5.41) is 2.91. The van der Waals surface area contributed by atoms with Crippen molar-refractivity contribution in [1.82, 2.24) is 9.80 Å². The molecule has 0 spiro atoms. The van der Waals surface area contributed by atoms with Crippen LogP contribution in [-0.4, -0.2) is 55.2 Å². The van der Waals surface area contributed by atoms with Crippen LogP contribution in [0.3, 0.4) is 0 Å². The van der Waals surface area contributed by atoms with Gasteiger partial charge in [0.2, 0.25) is 0 Å². The number of rotatable bonds is 5. The lowest BCUT2D eigenvalue weighted by molar-refractivity contribution is 0.0966. The molecule has 0 saturated carbocycles. The van der Waals surface area contributed by atoms with E-state index in [1.54, 1.807) is 0 Å². The Bertz CT molecular complexity index is 854. The first-order valence-corrected chi connectivity index (χ1v) is 11.6. The van der Waals surface area contributed by atoms with E-state index in [9.17, 15) is 4.79 Å². The van der Waals surface area contributed by atoms with Crippen molar-refractivity contribution >= 4 is 11.8 Å². The average molecular weight is 422 g/mol. The quantitative estimate of drug-likeness (QED) is 0.736. The van der Waals surface area contributed by atoms with Crippen molar-refractivity contribution in [2.24, 2.45) is 0 Å². The molecule has 0 aliphatic carbocycles. The van der Waals surface area contributed by atoms with Crippen LogP contribution in [0.25, 0.3) is 0 Å². The molecule has 1 amide bonds. The molecule has 1 N–H and O–H groups in total. The van der Waals surface area contributed by atoms with Gasteiger partial charge in [-0.15, -0.1) is 0 Å². The molecule has 0 bridgehead atoms. The van der Waals surface area contributed by atoms with E-state index >= 15 is 0 Å². The first kappa shape index (κ1) is 21.8. The standard InChI is InChI=1S/C26H35N3O2/c1-20-8-9-23(27-26(30)31-19-21-6-4-3-5-7-21)18-25(20)22-10-16-29(17-11-22)24-12-14-28(2)15-13-24/h3-9,18,22,24H,10-17,19H2,1-2H3,(H,27,30). The van der Waals surface area contributed by atoms with Crippen LogP contribution in [0.1, 0.15) is 48.3 Å². The molecule has 31 heavy (non-hydrogen) atoms. The number of anilines is 1. The minimum Gasteiger partial charge on any atom is -0.444 e. The number of aryl methyl sites for hydroxylation is 1. The fourth-order valence-electron chi connectivity index (χ4n) is 4.97. The molecule has 0 atom stereocenters. The van der Waals surface area contributed by atoms with E-state index in [4.69, 9.17) is 4.74 Å². The smallest absolute Gasteiger partial charge is 0.411 e. The molecule has 2 aromatic rings. The largest absolute Gasteiger partial charge is 0.444 e. The third-order valence-corrected chi connectivity index (χ3v) is 6.91. The number of piperidine rings is 2. The third-order valence-electron chi connectivity index (χ3n) is 6.91. The summed E-state index contributed by atoms with van der Waals surface area (Å²) in [6.45, 7) is 7.25. The van der Waals surface area contributed by atoms with E-state index in [-0.39, 0.29) is 6.61 Å². The van der Waals surface area contributed by atoms with Crippen LogP contribution in [0.15, 0.2) is 48.5 Å². The van der Waals surface area contributed by atoms with Crippen LogP contribution >= 0.6 is 0 Å². The van der Waals surface area contributed by atoms with E-state index in [1.807, 2.05) is 36.4 Å². The monoisotopic (exact) mass is 421 g/mol. The van der Waals surface area contributed by atoms with Crippen LogP contribution in [0.2, 0.25) is 0 Å². The van der Waals surface area contributed by atoms with E-state index in [0.29, 0.717) is 5.92 Å². The van der Waals surface area contributed by atoms with Crippen LogP contribution in [0, 0.1) is 6.92 Å². The van der Waals surface area contributed by atoms with Crippen molar-refractivity contribution in [3.8, 4) is 0 Å². The number of nitrogens with one attached hydrogen (secondary N) is 1. The number of nitrogens with zero attached hydrogens (tertiary/aromatic N) is 2. The summed E-state index contributed by atoms with van der Waals surface area (Å²) in [6, 6.07) is 16.7. The fourth-order valence-corrected chi connectivity index (χ4v) is 4.97. The number of carbonyl (C=O) groups excluding carboxylic acids is 1. The van der Waals surface area contributed by atoms with Crippen molar-refractivity contribution in [2.45, 2.75) is 51.2 Å². The van der Waals surface area contributed by atoms with Gasteiger partial charge in [-0.25, -0.2) is 4.79 Å². The van der Waals surface area contributed by atoms with Crippen LogP contribution in [-0.2, 0) is 11.3 Å². The van der Waals surface area contributed by atoms with Gasteiger partial charge in [-0.05, 0) is 101 Å². The van der Waals surface area contributed by atoms with Gasteiger partial charge in [-0.2, -0.15) is 0 Å². The van der Waals surface area contributed by atoms with Gasteiger partial charge in [-0.3, -0.25) is 5.32 Å². The van der Waals surface area contributed by atoms with Gasteiger partial charge in [0, 0.05) is 11.7 Å². The van der Waals surface area contributed by atoms with Crippen molar-refractivity contribution < 1.29 is 9.53 Å². The second-order valence-electron chi connectivity index (χ2n) is 9.10. The zero-order chi connectivity index (χ0) is 21.6. The Hall–Kier alpha value is -2.37. The highest BCUT2D eigenvalue weighted by Crippen LogP contribution is 2.33. The van der Waals surface area contributed by atoms with Gasteiger partial charge < -0.3 is 14.5 Å². The maximum atomic E-state index is 12.3. The van der Waals surface area contributed by atoms with Gasteiger partial charge in [0.25, 0.3) is 0 Å². The summed E-state index contributed by atoms with van der Waals surface area (Å²) >= 11 is 0. The number of hydrogen-bond donors (Lipinski definition) is 1. The van der Waals surface area contributed by atoms with Gasteiger partial charge in [0.05, 0.1) is 0 Å². The second kappa shape index (κ2) is 10.3. The highest BCUT2D eigenvalue weighted by molar-refractivity contribution is 5.84. The Kier molecular flexibility index (Phi) is 7.25. The highest BCUT2D eigenvalue weighted by Gasteiger charge is 2.28. The lowest BCUT2D eigenvalue weighted by atomic mass is 9.85. The first-order valence-electron chi connectivity index (χ1n) is 11.6. The van der Waals surface area contributed by atoms with Crippen LogP contribution < -0.4 is 5.32 Å². The minimum absolute atomic E-state index is 0.279. The number of carbonyl (C=O) groups is 1. The molecule has 0 radical (unpaired) electrons. The Morgan fingerprint density at radius 1 is 1.00 bits per heavy atom. The molecular weight excluding hydrogens is 386 g/mol. The average Bonchev–Trinajstić information content (AvgIpc) is 2.80. The zero-order valence-corrected chi connectivity index (χ0v) is 18.8. The molecule has 2 aliphatic heterocycles. The maximum Gasteiger partial charge on any atom is 0.411 e. The molecule has 2 aliphatic rings. The summed E-state index contributed by atoms with van der Waals surface area (Å²) < 4.78 is 5.38. The zero-order valence-electron chi connectivity index (χ0n) is 18.8. The van der Waals surface area contributed by atoms with E-state index in [1.165, 1.54) is 63.0 Å². The molecule has 2 fully saturated rings. The predicted octanol–water partition coefficient (Wildman–Crippen LogP) is 5.02. The van der Waals surface area contributed by atoms with Gasteiger partial charge in [0.15, 0.2) is 0 Å². The summed E-state index contributed by atoms with van der Waals surface area (Å²) in [7, 11) is 2.23. The SMILES string of the molecule is Cc1ccc(NC(=O)OCc2ccccc2)cc1C1CCN(C2CCN(C)CC2)CC1. The normalized spacial score (nSPS) is 19.3. The van der Waals surface area contributed by atoms with Crippen molar-refractivity contribution in [2.75, 3.05) is 38.5 Å².